The summed E-state index contributed by atoms with van der Waals surface area (Å²) >= 11 is 0. The van der Waals surface area contributed by atoms with Gasteiger partial charge in [0.05, 0.1) is 22.4 Å². The summed E-state index contributed by atoms with van der Waals surface area (Å²) in [6.07, 6.45) is 0. The summed E-state index contributed by atoms with van der Waals surface area (Å²) < 4.78 is 9.93. The Morgan fingerprint density at radius 3 is 1.57 bits per heavy atom. The molecule has 0 bridgehead atoms. The van der Waals surface area contributed by atoms with Gasteiger partial charge in [-0.1, -0.05) is 191 Å². The van der Waals surface area contributed by atoms with Gasteiger partial charge in [0.25, 0.3) is 6.71 Å². The van der Waals surface area contributed by atoms with Crippen molar-refractivity contribution in [2.75, 3.05) is 9.80 Å². The maximum atomic E-state index is 7.32. The van der Waals surface area contributed by atoms with Gasteiger partial charge in [0.1, 0.15) is 11.5 Å². The summed E-state index contributed by atoms with van der Waals surface area (Å²) in [6, 6.07) is 70.9. The summed E-state index contributed by atoms with van der Waals surface area (Å²) in [6.45, 7) is 25.3. The van der Waals surface area contributed by atoms with E-state index in [2.05, 4.69) is 279 Å². The standard InChI is InChI=1S/C69H64BN3O/c1-66(2,3)43-27-33-46(34-28-43)71(47-35-29-44(30-36-47)67(4,5)6)49-39-40-55-61(41-49)74-60-26-18-25-59-63(60)70(55)56-42-53-50-19-12-15-22-54(50)69(10,11)62(53)65(64(56)72(59)48-37-31-45(32-38-48)68(7,8)9)73-57-23-16-13-20-51(57)52-21-14-17-24-58(52)73/h12-42H,1-11H3. The largest absolute Gasteiger partial charge is 0.458 e. The molecule has 1 aliphatic carbocycles. The fourth-order valence-electron chi connectivity index (χ4n) is 12.6. The number of nitrogens with zero attached hydrogens (tertiary/aromatic N) is 3. The van der Waals surface area contributed by atoms with Gasteiger partial charge in [-0.2, -0.15) is 0 Å². The van der Waals surface area contributed by atoms with Crippen LogP contribution in [0.1, 0.15) is 104 Å². The monoisotopic (exact) mass is 962 g/mol. The normalized spacial score (nSPS) is 14.3. The quantitative estimate of drug-likeness (QED) is 0.160. The summed E-state index contributed by atoms with van der Waals surface area (Å²) in [4.78, 5) is 4.96. The van der Waals surface area contributed by atoms with Gasteiger partial charge < -0.3 is 19.1 Å². The Bertz CT molecular complexity index is 3780. The zero-order valence-corrected chi connectivity index (χ0v) is 44.7. The van der Waals surface area contributed by atoms with Gasteiger partial charge in [0.2, 0.25) is 0 Å². The topological polar surface area (TPSA) is 20.6 Å². The Morgan fingerprint density at radius 2 is 0.986 bits per heavy atom. The molecule has 4 nitrogen and oxygen atoms in total. The lowest BCUT2D eigenvalue weighted by Gasteiger charge is -2.42. The summed E-state index contributed by atoms with van der Waals surface area (Å²) in [5, 5.41) is 2.49. The fourth-order valence-corrected chi connectivity index (χ4v) is 12.6. The number of para-hydroxylation sites is 2. The molecule has 3 aliphatic rings. The molecule has 0 fully saturated rings. The number of benzene rings is 9. The first-order valence-electron chi connectivity index (χ1n) is 26.5. The van der Waals surface area contributed by atoms with E-state index in [1.807, 2.05) is 0 Å². The third kappa shape index (κ3) is 6.95. The number of aromatic nitrogens is 1. The third-order valence-corrected chi connectivity index (χ3v) is 16.5. The van der Waals surface area contributed by atoms with Crippen molar-refractivity contribution in [1.29, 1.82) is 0 Å². The lowest BCUT2D eigenvalue weighted by molar-refractivity contribution is 0.487. The molecule has 3 heterocycles. The first-order chi connectivity index (χ1) is 35.4. The molecular formula is C69H64BN3O. The van der Waals surface area contributed by atoms with E-state index >= 15 is 0 Å². The van der Waals surface area contributed by atoms with Crippen LogP contribution in [-0.2, 0) is 21.7 Å². The highest BCUT2D eigenvalue weighted by Gasteiger charge is 2.48. The van der Waals surface area contributed by atoms with Crippen molar-refractivity contribution < 1.29 is 4.74 Å². The molecule has 0 atom stereocenters. The van der Waals surface area contributed by atoms with Crippen LogP contribution in [0.15, 0.2) is 188 Å². The van der Waals surface area contributed by atoms with Crippen molar-refractivity contribution in [3.63, 3.8) is 0 Å². The average molecular weight is 962 g/mol. The lowest BCUT2D eigenvalue weighted by Crippen LogP contribution is -2.60. The van der Waals surface area contributed by atoms with Crippen molar-refractivity contribution in [3.05, 3.63) is 216 Å². The molecule has 5 heteroatoms. The number of hydrogen-bond donors (Lipinski definition) is 0. The van der Waals surface area contributed by atoms with Crippen LogP contribution in [-0.4, -0.2) is 11.3 Å². The van der Waals surface area contributed by atoms with E-state index in [1.54, 1.807) is 0 Å². The molecule has 0 N–H and O–H groups in total. The minimum absolute atomic E-state index is 0.00215. The Labute approximate surface area is 438 Å². The average Bonchev–Trinajstić information content (AvgIpc) is 3.95. The molecule has 0 unspecified atom stereocenters. The molecule has 1 aromatic heterocycles. The first kappa shape index (κ1) is 46.1. The van der Waals surface area contributed by atoms with E-state index in [-0.39, 0.29) is 28.4 Å². The van der Waals surface area contributed by atoms with Gasteiger partial charge in [0, 0.05) is 50.7 Å². The van der Waals surface area contributed by atoms with Crippen molar-refractivity contribution in [3.8, 4) is 28.3 Å². The van der Waals surface area contributed by atoms with E-state index in [0.717, 1.165) is 45.4 Å². The molecule has 2 aliphatic heterocycles. The van der Waals surface area contributed by atoms with Crippen LogP contribution in [0.4, 0.5) is 34.1 Å². The van der Waals surface area contributed by atoms with Crippen LogP contribution in [0.2, 0.25) is 0 Å². The number of fused-ring (bicyclic) bond motifs is 10. The lowest BCUT2D eigenvalue weighted by atomic mass is 9.34. The van der Waals surface area contributed by atoms with Crippen LogP contribution in [0.3, 0.4) is 0 Å². The van der Waals surface area contributed by atoms with Crippen molar-refractivity contribution in [1.82, 2.24) is 4.57 Å². The van der Waals surface area contributed by atoms with Gasteiger partial charge in [-0.05, 0) is 138 Å². The van der Waals surface area contributed by atoms with E-state index in [9.17, 15) is 0 Å². The maximum absolute atomic E-state index is 7.32. The molecule has 0 radical (unpaired) electrons. The second-order valence-electron chi connectivity index (χ2n) is 24.6. The Kier molecular flexibility index (Phi) is 10.0. The van der Waals surface area contributed by atoms with Crippen molar-refractivity contribution in [2.24, 2.45) is 0 Å². The van der Waals surface area contributed by atoms with E-state index in [1.165, 1.54) is 83.1 Å². The number of hydrogen-bond acceptors (Lipinski definition) is 3. The number of ether oxygens (including phenoxy) is 1. The summed E-state index contributed by atoms with van der Waals surface area (Å²) in [5.74, 6) is 1.75. The van der Waals surface area contributed by atoms with Crippen LogP contribution >= 0.6 is 0 Å². The molecule has 74 heavy (non-hydrogen) atoms. The predicted molar refractivity (Wildman–Crippen MR) is 315 cm³/mol. The predicted octanol–water partition coefficient (Wildman–Crippen LogP) is 16.9. The molecule has 10 aromatic rings. The van der Waals surface area contributed by atoms with Crippen LogP contribution in [0, 0.1) is 0 Å². The smallest absolute Gasteiger partial charge is 0.256 e. The van der Waals surface area contributed by atoms with Crippen molar-refractivity contribution >= 4 is 79.0 Å². The van der Waals surface area contributed by atoms with Crippen LogP contribution in [0.5, 0.6) is 11.5 Å². The van der Waals surface area contributed by atoms with Gasteiger partial charge in [0.15, 0.2) is 0 Å². The van der Waals surface area contributed by atoms with E-state index in [0.29, 0.717) is 0 Å². The first-order valence-corrected chi connectivity index (χ1v) is 26.5. The second kappa shape index (κ2) is 16.1. The minimum Gasteiger partial charge on any atom is -0.458 e. The van der Waals surface area contributed by atoms with Crippen LogP contribution < -0.4 is 30.9 Å². The number of rotatable bonds is 5. The fraction of sp³-hybridized carbons (Fsp3) is 0.217. The SMILES string of the molecule is CC(C)(C)c1ccc(N(c2ccc(C(C)(C)C)cc2)c2ccc3c(c2)Oc2cccc4c2B3c2cc3c(c(-n5c6ccccc6c6ccccc65)c2N4c2ccc(C(C)(C)C)cc2)C(C)(C)c2ccccc2-3)cc1. The zero-order chi connectivity index (χ0) is 51.2. The Hall–Kier alpha value is -7.76. The highest BCUT2D eigenvalue weighted by molar-refractivity contribution is 6.99. The van der Waals surface area contributed by atoms with E-state index in [4.69, 9.17) is 4.74 Å². The third-order valence-electron chi connectivity index (χ3n) is 16.5. The highest BCUT2D eigenvalue weighted by Crippen LogP contribution is 2.56. The molecule has 13 rings (SSSR count). The Balaban J connectivity index is 1.11. The highest BCUT2D eigenvalue weighted by atomic mass is 16.5. The molecule has 9 aromatic carbocycles. The molecule has 0 amide bonds. The second-order valence-corrected chi connectivity index (χ2v) is 24.6. The van der Waals surface area contributed by atoms with Gasteiger partial charge >= 0.3 is 0 Å². The zero-order valence-electron chi connectivity index (χ0n) is 44.7. The molecule has 0 saturated carbocycles. The molecule has 0 spiro atoms. The Morgan fingerprint density at radius 1 is 0.459 bits per heavy atom. The van der Waals surface area contributed by atoms with E-state index < -0.39 is 0 Å². The summed E-state index contributed by atoms with van der Waals surface area (Å²) in [7, 11) is 0. The van der Waals surface area contributed by atoms with Gasteiger partial charge in [-0.25, -0.2) is 0 Å². The molecule has 0 saturated heterocycles. The molecular weight excluding hydrogens is 898 g/mol. The minimum atomic E-state index is -0.325. The maximum Gasteiger partial charge on any atom is 0.256 e. The van der Waals surface area contributed by atoms with Crippen molar-refractivity contribution in [2.45, 2.75) is 97.8 Å². The van der Waals surface area contributed by atoms with Gasteiger partial charge in [-0.3, -0.25) is 0 Å². The van der Waals surface area contributed by atoms with Gasteiger partial charge in [-0.15, -0.1) is 0 Å². The summed E-state index contributed by atoms with van der Waals surface area (Å²) in [5.41, 5.74) is 22.8. The molecule has 364 valence electrons. The van der Waals surface area contributed by atoms with Crippen LogP contribution in [0.25, 0.3) is 38.6 Å². The number of anilines is 6.